The largest absolute Gasteiger partial charge is 0.390 e. The van der Waals surface area contributed by atoms with Crippen LogP contribution < -0.4 is 0 Å². The first-order valence-corrected chi connectivity index (χ1v) is 5.78. The standard InChI is InChI=1S/C11H11FN2OS/c12-8-1-3-10(4-2-8)16-7-11-13-5-9(6-15)14-11/h1-5,15H,6-7H2,(H,13,14). The summed E-state index contributed by atoms with van der Waals surface area (Å²) in [5.74, 6) is 1.24. The zero-order chi connectivity index (χ0) is 11.4. The minimum atomic E-state index is -0.232. The Labute approximate surface area is 96.7 Å². The number of hydrogen-bond acceptors (Lipinski definition) is 3. The van der Waals surface area contributed by atoms with Gasteiger partial charge in [-0.15, -0.1) is 11.8 Å². The maximum Gasteiger partial charge on any atom is 0.123 e. The number of thioether (sulfide) groups is 1. The van der Waals surface area contributed by atoms with Gasteiger partial charge in [0.1, 0.15) is 11.6 Å². The van der Waals surface area contributed by atoms with Crippen molar-refractivity contribution in [3.05, 3.63) is 47.8 Å². The van der Waals surface area contributed by atoms with Gasteiger partial charge in [-0.3, -0.25) is 0 Å². The lowest BCUT2D eigenvalue weighted by atomic mass is 10.4. The predicted molar refractivity (Wildman–Crippen MR) is 60.5 cm³/mol. The van der Waals surface area contributed by atoms with E-state index in [1.54, 1.807) is 30.1 Å². The highest BCUT2D eigenvalue weighted by molar-refractivity contribution is 7.98. The number of aliphatic hydroxyl groups is 1. The third-order valence-electron chi connectivity index (χ3n) is 2.04. The van der Waals surface area contributed by atoms with Gasteiger partial charge in [-0.2, -0.15) is 0 Å². The van der Waals surface area contributed by atoms with Crippen molar-refractivity contribution >= 4 is 11.8 Å². The summed E-state index contributed by atoms with van der Waals surface area (Å²) in [4.78, 5) is 8.09. The lowest BCUT2D eigenvalue weighted by Crippen LogP contribution is -1.86. The molecule has 1 aromatic carbocycles. The molecule has 0 bridgehead atoms. The maximum absolute atomic E-state index is 12.6. The Morgan fingerprint density at radius 3 is 2.69 bits per heavy atom. The Bertz CT molecular complexity index is 455. The molecule has 16 heavy (non-hydrogen) atoms. The van der Waals surface area contributed by atoms with Crippen molar-refractivity contribution in [2.24, 2.45) is 0 Å². The van der Waals surface area contributed by atoms with Crippen LogP contribution in [0.4, 0.5) is 4.39 Å². The first-order valence-electron chi connectivity index (χ1n) is 4.80. The maximum atomic E-state index is 12.6. The molecule has 0 aliphatic carbocycles. The van der Waals surface area contributed by atoms with Crippen LogP contribution in [0.5, 0.6) is 0 Å². The van der Waals surface area contributed by atoms with Crippen molar-refractivity contribution in [2.75, 3.05) is 0 Å². The molecule has 0 saturated carbocycles. The van der Waals surface area contributed by atoms with Gasteiger partial charge < -0.3 is 10.1 Å². The van der Waals surface area contributed by atoms with Crippen LogP contribution in [0, 0.1) is 5.82 Å². The van der Waals surface area contributed by atoms with Crippen molar-refractivity contribution in [2.45, 2.75) is 17.3 Å². The third kappa shape index (κ3) is 2.84. The van der Waals surface area contributed by atoms with E-state index in [-0.39, 0.29) is 12.4 Å². The third-order valence-corrected chi connectivity index (χ3v) is 3.06. The Morgan fingerprint density at radius 2 is 2.06 bits per heavy atom. The Hall–Kier alpha value is -1.33. The molecule has 0 spiro atoms. The SMILES string of the molecule is OCc1cnc(CSc2ccc(F)cc2)[nH]1. The fourth-order valence-electron chi connectivity index (χ4n) is 1.24. The molecule has 0 unspecified atom stereocenters. The Balaban J connectivity index is 1.94. The second-order valence-electron chi connectivity index (χ2n) is 3.26. The van der Waals surface area contributed by atoms with Gasteiger partial charge in [-0.05, 0) is 24.3 Å². The van der Waals surface area contributed by atoms with Crippen molar-refractivity contribution < 1.29 is 9.50 Å². The Kier molecular flexibility index (Phi) is 3.58. The minimum absolute atomic E-state index is 0.0335. The van der Waals surface area contributed by atoms with Gasteiger partial charge in [0, 0.05) is 4.90 Å². The number of benzene rings is 1. The molecule has 5 heteroatoms. The van der Waals surface area contributed by atoms with Gasteiger partial charge in [-0.1, -0.05) is 0 Å². The number of H-pyrrole nitrogens is 1. The molecule has 0 aliphatic heterocycles. The molecule has 84 valence electrons. The highest BCUT2D eigenvalue weighted by atomic mass is 32.2. The molecule has 1 aromatic heterocycles. The first kappa shape index (κ1) is 11.2. The molecular weight excluding hydrogens is 227 g/mol. The summed E-state index contributed by atoms with van der Waals surface area (Å²) in [5, 5.41) is 8.85. The summed E-state index contributed by atoms with van der Waals surface area (Å²) < 4.78 is 12.6. The van der Waals surface area contributed by atoms with E-state index in [0.717, 1.165) is 10.7 Å². The van der Waals surface area contributed by atoms with Gasteiger partial charge in [0.05, 0.1) is 24.3 Å². The van der Waals surface area contributed by atoms with Crippen molar-refractivity contribution in [3.8, 4) is 0 Å². The summed E-state index contributed by atoms with van der Waals surface area (Å²) >= 11 is 1.56. The topological polar surface area (TPSA) is 48.9 Å². The summed E-state index contributed by atoms with van der Waals surface area (Å²) in [6, 6.07) is 6.33. The van der Waals surface area contributed by atoms with Gasteiger partial charge in [0.15, 0.2) is 0 Å². The van der Waals surface area contributed by atoms with Gasteiger partial charge in [0.2, 0.25) is 0 Å². The average Bonchev–Trinajstić information content (AvgIpc) is 2.76. The fourth-order valence-corrected chi connectivity index (χ4v) is 2.02. The summed E-state index contributed by atoms with van der Waals surface area (Å²) in [6.07, 6.45) is 1.61. The van der Waals surface area contributed by atoms with Gasteiger partial charge in [-0.25, -0.2) is 9.37 Å². The highest BCUT2D eigenvalue weighted by Gasteiger charge is 2.01. The molecule has 2 N–H and O–H groups in total. The molecule has 0 radical (unpaired) electrons. The van der Waals surface area contributed by atoms with Crippen molar-refractivity contribution in [1.29, 1.82) is 0 Å². The van der Waals surface area contributed by atoms with Crippen LogP contribution in [0.3, 0.4) is 0 Å². The zero-order valence-corrected chi connectivity index (χ0v) is 9.30. The number of rotatable bonds is 4. The zero-order valence-electron chi connectivity index (χ0n) is 8.48. The molecule has 0 fully saturated rings. The number of aromatic nitrogens is 2. The molecule has 0 amide bonds. The number of hydrogen-bond donors (Lipinski definition) is 2. The smallest absolute Gasteiger partial charge is 0.123 e. The first-order chi connectivity index (χ1) is 7.78. The van der Waals surface area contributed by atoms with Crippen LogP contribution in [0.15, 0.2) is 35.4 Å². The van der Waals surface area contributed by atoms with E-state index in [0.29, 0.717) is 11.4 Å². The second-order valence-corrected chi connectivity index (χ2v) is 4.30. The number of aromatic amines is 1. The lowest BCUT2D eigenvalue weighted by Gasteiger charge is -1.98. The van der Waals surface area contributed by atoms with Crippen LogP contribution in [0.1, 0.15) is 11.5 Å². The minimum Gasteiger partial charge on any atom is -0.390 e. The van der Waals surface area contributed by atoms with E-state index >= 15 is 0 Å². The quantitative estimate of drug-likeness (QED) is 0.804. The molecule has 3 nitrogen and oxygen atoms in total. The molecule has 0 atom stereocenters. The number of imidazole rings is 1. The van der Waals surface area contributed by atoms with E-state index in [9.17, 15) is 4.39 Å². The van der Waals surface area contributed by atoms with Crippen LogP contribution in [0.2, 0.25) is 0 Å². The molecule has 0 aliphatic rings. The molecule has 0 saturated heterocycles. The van der Waals surface area contributed by atoms with Gasteiger partial charge >= 0.3 is 0 Å². The van der Waals surface area contributed by atoms with E-state index in [4.69, 9.17) is 5.11 Å². The monoisotopic (exact) mass is 238 g/mol. The van der Waals surface area contributed by atoms with Gasteiger partial charge in [0.25, 0.3) is 0 Å². The summed E-state index contributed by atoms with van der Waals surface area (Å²) in [5.41, 5.74) is 0.703. The van der Waals surface area contributed by atoms with Crippen LogP contribution in [-0.4, -0.2) is 15.1 Å². The van der Waals surface area contributed by atoms with Crippen LogP contribution in [-0.2, 0) is 12.4 Å². The lowest BCUT2D eigenvalue weighted by molar-refractivity contribution is 0.277. The van der Waals surface area contributed by atoms with E-state index in [1.807, 2.05) is 0 Å². The Morgan fingerprint density at radius 1 is 1.31 bits per heavy atom. The highest BCUT2D eigenvalue weighted by Crippen LogP contribution is 2.21. The number of aliphatic hydroxyl groups excluding tert-OH is 1. The van der Waals surface area contributed by atoms with E-state index in [1.165, 1.54) is 12.1 Å². The number of nitrogens with one attached hydrogen (secondary N) is 1. The second kappa shape index (κ2) is 5.14. The molecule has 2 rings (SSSR count). The molecular formula is C11H11FN2OS. The summed E-state index contributed by atoms with van der Waals surface area (Å²) in [7, 11) is 0. The number of halogens is 1. The van der Waals surface area contributed by atoms with E-state index in [2.05, 4.69) is 9.97 Å². The van der Waals surface area contributed by atoms with Crippen LogP contribution in [0.25, 0.3) is 0 Å². The van der Waals surface area contributed by atoms with Crippen molar-refractivity contribution in [1.82, 2.24) is 9.97 Å². The molecule has 2 aromatic rings. The molecule has 1 heterocycles. The fraction of sp³-hybridized carbons (Fsp3) is 0.182. The van der Waals surface area contributed by atoms with Crippen molar-refractivity contribution in [3.63, 3.8) is 0 Å². The normalized spacial score (nSPS) is 10.6. The predicted octanol–water partition coefficient (Wildman–Crippen LogP) is 2.33. The number of nitrogens with zero attached hydrogens (tertiary/aromatic N) is 1. The summed E-state index contributed by atoms with van der Waals surface area (Å²) in [6.45, 7) is -0.0335. The average molecular weight is 238 g/mol. The van der Waals surface area contributed by atoms with Crippen LogP contribution >= 0.6 is 11.8 Å². The van der Waals surface area contributed by atoms with E-state index < -0.39 is 0 Å².